The molecule has 0 spiro atoms. The molecule has 0 aliphatic carbocycles. The van der Waals surface area contributed by atoms with Crippen molar-refractivity contribution in [1.82, 2.24) is 10.2 Å². The number of carbonyl (C=O) groups excluding carboxylic acids is 2. The predicted molar refractivity (Wildman–Crippen MR) is 75.4 cm³/mol. The van der Waals surface area contributed by atoms with Gasteiger partial charge in [0.25, 0.3) is 0 Å². The molecular formula is C14H19N3O3. The number of likely N-dealkylation sites (N-methyl/N-ethyl adjacent to an activating group) is 1. The lowest BCUT2D eigenvalue weighted by atomic mass is 10.2. The number of anilines is 1. The van der Waals surface area contributed by atoms with Gasteiger partial charge in [-0.2, -0.15) is 0 Å². The summed E-state index contributed by atoms with van der Waals surface area (Å²) >= 11 is 0. The predicted octanol–water partition coefficient (Wildman–Crippen LogP) is 0.426. The molecule has 1 aromatic rings. The van der Waals surface area contributed by atoms with E-state index in [4.69, 9.17) is 5.11 Å². The van der Waals surface area contributed by atoms with Crippen LogP contribution in [0.4, 0.5) is 10.5 Å². The quantitative estimate of drug-likeness (QED) is 0.838. The topological polar surface area (TPSA) is 72.9 Å². The van der Waals surface area contributed by atoms with E-state index in [-0.39, 0.29) is 31.1 Å². The summed E-state index contributed by atoms with van der Waals surface area (Å²) in [4.78, 5) is 26.9. The molecule has 1 fully saturated rings. The first-order chi connectivity index (χ1) is 9.61. The number of hydrogen-bond acceptors (Lipinski definition) is 3. The van der Waals surface area contributed by atoms with Gasteiger partial charge in [-0.15, -0.1) is 0 Å². The minimum Gasteiger partial charge on any atom is -0.395 e. The SMILES string of the molecule is CN(CCO)C(=O)N[C@H]1CC(=O)N(c2ccccc2)C1. The van der Waals surface area contributed by atoms with Crippen LogP contribution in [0.5, 0.6) is 0 Å². The summed E-state index contributed by atoms with van der Waals surface area (Å²) < 4.78 is 0. The van der Waals surface area contributed by atoms with E-state index in [1.807, 2.05) is 30.3 Å². The van der Waals surface area contributed by atoms with Crippen LogP contribution in [-0.4, -0.2) is 54.7 Å². The van der Waals surface area contributed by atoms with Crippen molar-refractivity contribution in [3.8, 4) is 0 Å². The van der Waals surface area contributed by atoms with Crippen LogP contribution < -0.4 is 10.2 Å². The molecule has 6 heteroatoms. The van der Waals surface area contributed by atoms with Gasteiger partial charge in [-0.25, -0.2) is 4.79 Å². The lowest BCUT2D eigenvalue weighted by Crippen LogP contribution is -2.45. The fourth-order valence-corrected chi connectivity index (χ4v) is 2.20. The molecule has 1 aliphatic heterocycles. The number of benzene rings is 1. The van der Waals surface area contributed by atoms with E-state index in [0.29, 0.717) is 13.0 Å². The molecule has 0 aromatic heterocycles. The highest BCUT2D eigenvalue weighted by atomic mass is 16.3. The van der Waals surface area contributed by atoms with E-state index in [0.717, 1.165) is 5.69 Å². The maximum absolute atomic E-state index is 12.0. The molecule has 0 saturated carbocycles. The molecule has 1 aromatic carbocycles. The number of hydrogen-bond donors (Lipinski definition) is 2. The van der Waals surface area contributed by atoms with Gasteiger partial charge in [0.1, 0.15) is 0 Å². The van der Waals surface area contributed by atoms with Crippen molar-refractivity contribution in [2.45, 2.75) is 12.5 Å². The molecule has 1 atom stereocenters. The molecule has 1 saturated heterocycles. The molecule has 108 valence electrons. The third-order valence-electron chi connectivity index (χ3n) is 3.30. The zero-order valence-electron chi connectivity index (χ0n) is 11.5. The Morgan fingerprint density at radius 3 is 2.80 bits per heavy atom. The van der Waals surface area contributed by atoms with Crippen LogP contribution in [0.25, 0.3) is 0 Å². The first-order valence-electron chi connectivity index (χ1n) is 6.59. The van der Waals surface area contributed by atoms with Crippen LogP contribution in [0.1, 0.15) is 6.42 Å². The van der Waals surface area contributed by atoms with Crippen molar-refractivity contribution in [2.24, 2.45) is 0 Å². The van der Waals surface area contributed by atoms with E-state index < -0.39 is 0 Å². The third kappa shape index (κ3) is 3.27. The Morgan fingerprint density at radius 1 is 1.45 bits per heavy atom. The van der Waals surface area contributed by atoms with Gasteiger partial charge in [0, 0.05) is 32.2 Å². The number of para-hydroxylation sites is 1. The van der Waals surface area contributed by atoms with Crippen molar-refractivity contribution < 1.29 is 14.7 Å². The van der Waals surface area contributed by atoms with Crippen molar-refractivity contribution in [3.63, 3.8) is 0 Å². The molecule has 6 nitrogen and oxygen atoms in total. The van der Waals surface area contributed by atoms with Crippen LogP contribution in [0.3, 0.4) is 0 Å². The van der Waals surface area contributed by atoms with E-state index in [2.05, 4.69) is 5.32 Å². The summed E-state index contributed by atoms with van der Waals surface area (Å²) in [7, 11) is 1.61. The monoisotopic (exact) mass is 277 g/mol. The lowest BCUT2D eigenvalue weighted by molar-refractivity contribution is -0.117. The third-order valence-corrected chi connectivity index (χ3v) is 3.30. The highest BCUT2D eigenvalue weighted by molar-refractivity contribution is 5.96. The average molecular weight is 277 g/mol. The lowest BCUT2D eigenvalue weighted by Gasteiger charge is -2.20. The van der Waals surface area contributed by atoms with Crippen molar-refractivity contribution in [1.29, 1.82) is 0 Å². The maximum Gasteiger partial charge on any atom is 0.317 e. The molecule has 2 rings (SSSR count). The van der Waals surface area contributed by atoms with Gasteiger partial charge in [-0.1, -0.05) is 18.2 Å². The summed E-state index contributed by atoms with van der Waals surface area (Å²) in [5, 5.41) is 11.6. The summed E-state index contributed by atoms with van der Waals surface area (Å²) in [6, 6.07) is 8.93. The van der Waals surface area contributed by atoms with Gasteiger partial charge in [0.2, 0.25) is 5.91 Å². The molecule has 20 heavy (non-hydrogen) atoms. The van der Waals surface area contributed by atoms with Crippen molar-refractivity contribution in [3.05, 3.63) is 30.3 Å². The Kier molecular flexibility index (Phi) is 4.57. The number of aliphatic hydroxyl groups is 1. The average Bonchev–Trinajstić information content (AvgIpc) is 2.80. The zero-order chi connectivity index (χ0) is 14.5. The smallest absolute Gasteiger partial charge is 0.317 e. The Balaban J connectivity index is 1.94. The van der Waals surface area contributed by atoms with Crippen molar-refractivity contribution >= 4 is 17.6 Å². The Bertz CT molecular complexity index is 478. The van der Waals surface area contributed by atoms with Crippen LogP contribution >= 0.6 is 0 Å². The molecule has 0 bridgehead atoms. The Morgan fingerprint density at radius 2 is 2.15 bits per heavy atom. The fraction of sp³-hybridized carbons (Fsp3) is 0.429. The molecule has 1 aliphatic rings. The van der Waals surface area contributed by atoms with E-state index in [1.54, 1.807) is 11.9 Å². The minimum absolute atomic E-state index is 0.00584. The van der Waals surface area contributed by atoms with Gasteiger partial charge in [0.05, 0.1) is 12.6 Å². The molecule has 0 unspecified atom stereocenters. The second-order valence-corrected chi connectivity index (χ2v) is 4.84. The van der Waals surface area contributed by atoms with Crippen LogP contribution in [-0.2, 0) is 4.79 Å². The zero-order valence-corrected chi connectivity index (χ0v) is 11.5. The number of nitrogens with zero attached hydrogens (tertiary/aromatic N) is 2. The van der Waals surface area contributed by atoms with Gasteiger partial charge >= 0.3 is 6.03 Å². The van der Waals surface area contributed by atoms with Gasteiger partial charge < -0.3 is 20.2 Å². The molecular weight excluding hydrogens is 258 g/mol. The Labute approximate surface area is 118 Å². The van der Waals surface area contributed by atoms with E-state index in [1.165, 1.54) is 4.90 Å². The van der Waals surface area contributed by atoms with Crippen LogP contribution in [0.15, 0.2) is 30.3 Å². The summed E-state index contributed by atoms with van der Waals surface area (Å²) in [6.45, 7) is 0.667. The second kappa shape index (κ2) is 6.38. The maximum atomic E-state index is 12.0. The molecule has 1 heterocycles. The van der Waals surface area contributed by atoms with Gasteiger partial charge in [-0.3, -0.25) is 4.79 Å². The summed E-state index contributed by atoms with van der Waals surface area (Å²) in [6.07, 6.45) is 0.299. The van der Waals surface area contributed by atoms with Gasteiger partial charge in [0.15, 0.2) is 0 Å². The number of rotatable bonds is 4. The Hall–Kier alpha value is -2.08. The number of nitrogens with one attached hydrogen (secondary N) is 1. The van der Waals surface area contributed by atoms with Gasteiger partial charge in [-0.05, 0) is 12.1 Å². The fourth-order valence-electron chi connectivity index (χ4n) is 2.20. The number of carbonyl (C=O) groups is 2. The first-order valence-corrected chi connectivity index (χ1v) is 6.59. The highest BCUT2D eigenvalue weighted by Crippen LogP contribution is 2.20. The number of aliphatic hydroxyl groups excluding tert-OH is 1. The minimum atomic E-state index is -0.272. The normalized spacial score (nSPS) is 18.2. The molecule has 3 amide bonds. The standard InChI is InChI=1S/C14H19N3O3/c1-16(7-8-18)14(20)15-11-9-13(19)17(10-11)12-5-3-2-4-6-12/h2-6,11,18H,7-10H2,1H3,(H,15,20)/t11-/m0/s1. The van der Waals surface area contributed by atoms with Crippen molar-refractivity contribution in [2.75, 3.05) is 31.6 Å². The second-order valence-electron chi connectivity index (χ2n) is 4.84. The molecule has 0 radical (unpaired) electrons. The number of amides is 3. The first kappa shape index (κ1) is 14.3. The summed E-state index contributed by atoms with van der Waals surface area (Å²) in [5.74, 6) is 0.00584. The number of urea groups is 1. The highest BCUT2D eigenvalue weighted by Gasteiger charge is 2.31. The van der Waals surface area contributed by atoms with Crippen LogP contribution in [0.2, 0.25) is 0 Å². The molecule has 2 N–H and O–H groups in total. The van der Waals surface area contributed by atoms with E-state index >= 15 is 0 Å². The van der Waals surface area contributed by atoms with E-state index in [9.17, 15) is 9.59 Å². The largest absolute Gasteiger partial charge is 0.395 e. The van der Waals surface area contributed by atoms with Crippen LogP contribution in [0, 0.1) is 0 Å². The summed E-state index contributed by atoms with van der Waals surface area (Å²) in [5.41, 5.74) is 0.845.